The van der Waals surface area contributed by atoms with Crippen LogP contribution in [0.4, 0.5) is 5.69 Å². The Balaban J connectivity index is 1.01. The van der Waals surface area contributed by atoms with Crippen molar-refractivity contribution < 1.29 is 8.42 Å². The second-order valence-corrected chi connectivity index (χ2v) is 16.2. The fourth-order valence-corrected chi connectivity index (χ4v) is 8.44. The summed E-state index contributed by atoms with van der Waals surface area (Å²) in [4.78, 5) is 9.90. The normalized spacial score (nSPS) is 16.0. The number of hydrogen-bond donors (Lipinski definition) is 2. The van der Waals surface area contributed by atoms with Crippen molar-refractivity contribution in [2.24, 2.45) is 10.1 Å². The van der Waals surface area contributed by atoms with E-state index < -0.39 is 10.0 Å². The SMILES string of the molecule is O=S(=O)(NC(=NCCCCCCCNc1c2c(nc3ccccc13)CCCC2)N1CC(c2ccccc2)C(c2ccc(Cl)cc2)=N1)c1ccc(Cl)cc1. The van der Waals surface area contributed by atoms with Gasteiger partial charge in [0.1, 0.15) is 0 Å². The van der Waals surface area contributed by atoms with Crippen LogP contribution in [0.5, 0.6) is 0 Å². The molecular weight excluding hydrogens is 723 g/mol. The van der Waals surface area contributed by atoms with Crippen LogP contribution in [0.3, 0.4) is 0 Å². The van der Waals surface area contributed by atoms with E-state index in [2.05, 4.69) is 46.4 Å². The summed E-state index contributed by atoms with van der Waals surface area (Å²) >= 11 is 12.3. The Morgan fingerprint density at radius 2 is 1.47 bits per heavy atom. The van der Waals surface area contributed by atoms with Crippen molar-refractivity contribution in [2.45, 2.75) is 68.6 Å². The van der Waals surface area contributed by atoms with Gasteiger partial charge in [-0.15, -0.1) is 0 Å². The highest BCUT2D eigenvalue weighted by Gasteiger charge is 2.33. The molecule has 4 aromatic carbocycles. The lowest BCUT2D eigenvalue weighted by Gasteiger charge is -2.21. The number of rotatable bonds is 13. The van der Waals surface area contributed by atoms with Gasteiger partial charge in [-0.2, -0.15) is 5.10 Å². The van der Waals surface area contributed by atoms with Gasteiger partial charge < -0.3 is 5.32 Å². The summed E-state index contributed by atoms with van der Waals surface area (Å²) in [6.45, 7) is 1.80. The third-order valence-electron chi connectivity index (χ3n) is 9.92. The van der Waals surface area contributed by atoms with Crippen molar-refractivity contribution in [2.75, 3.05) is 25.0 Å². The van der Waals surface area contributed by atoms with Crippen LogP contribution in [-0.2, 0) is 22.9 Å². The first-order valence-electron chi connectivity index (χ1n) is 18.5. The number of halogens is 2. The molecule has 1 atom stereocenters. The largest absolute Gasteiger partial charge is 0.384 e. The molecule has 0 radical (unpaired) electrons. The second kappa shape index (κ2) is 17.1. The molecule has 7 rings (SSSR count). The summed E-state index contributed by atoms with van der Waals surface area (Å²) in [5.41, 5.74) is 7.80. The summed E-state index contributed by atoms with van der Waals surface area (Å²) in [6, 6.07) is 32.2. The minimum Gasteiger partial charge on any atom is -0.384 e. The zero-order chi connectivity index (χ0) is 36.6. The number of aromatic nitrogens is 1. The molecule has 0 spiro atoms. The predicted molar refractivity (Wildman–Crippen MR) is 218 cm³/mol. The van der Waals surface area contributed by atoms with Gasteiger partial charge in [0.15, 0.2) is 0 Å². The van der Waals surface area contributed by atoms with Gasteiger partial charge in [0.2, 0.25) is 5.96 Å². The van der Waals surface area contributed by atoms with Crippen LogP contribution >= 0.6 is 23.2 Å². The Labute approximate surface area is 322 Å². The van der Waals surface area contributed by atoms with Crippen LogP contribution in [0.15, 0.2) is 118 Å². The van der Waals surface area contributed by atoms with E-state index in [4.69, 9.17) is 38.3 Å². The third-order valence-corrected chi connectivity index (χ3v) is 11.8. The number of benzene rings is 4. The Bertz CT molecular complexity index is 2190. The molecule has 0 amide bonds. The average Bonchev–Trinajstić information content (AvgIpc) is 3.63. The van der Waals surface area contributed by atoms with Crippen molar-refractivity contribution in [3.8, 4) is 0 Å². The van der Waals surface area contributed by atoms with Gasteiger partial charge in [-0.3, -0.25) is 9.98 Å². The Kier molecular flexibility index (Phi) is 11.9. The van der Waals surface area contributed by atoms with E-state index in [1.54, 1.807) is 17.1 Å². The predicted octanol–water partition coefficient (Wildman–Crippen LogP) is 9.62. The van der Waals surface area contributed by atoms with Gasteiger partial charge in [0.25, 0.3) is 10.0 Å². The number of unbranched alkanes of at least 4 members (excludes halogenated alkanes) is 4. The smallest absolute Gasteiger partial charge is 0.264 e. The highest BCUT2D eigenvalue weighted by atomic mass is 35.5. The van der Waals surface area contributed by atoms with Crippen LogP contribution < -0.4 is 10.0 Å². The Morgan fingerprint density at radius 3 is 2.26 bits per heavy atom. The van der Waals surface area contributed by atoms with E-state index in [0.29, 0.717) is 23.1 Å². The lowest BCUT2D eigenvalue weighted by Crippen LogP contribution is -2.41. The van der Waals surface area contributed by atoms with Gasteiger partial charge in [0, 0.05) is 45.8 Å². The number of hydrazone groups is 1. The maximum atomic E-state index is 13.6. The first kappa shape index (κ1) is 36.9. The monoisotopic (exact) mass is 766 g/mol. The molecule has 0 fully saturated rings. The lowest BCUT2D eigenvalue weighted by molar-refractivity contribution is 0.460. The summed E-state index contributed by atoms with van der Waals surface area (Å²) < 4.78 is 30.0. The molecule has 1 unspecified atom stereocenters. The van der Waals surface area contributed by atoms with Crippen LogP contribution in [-0.4, -0.2) is 49.7 Å². The number of fused-ring (bicyclic) bond motifs is 2. The van der Waals surface area contributed by atoms with E-state index in [1.807, 2.05) is 42.5 Å². The quantitative estimate of drug-likeness (QED) is 0.0707. The molecular formula is C42H44Cl2N6O2S. The van der Waals surface area contributed by atoms with Crippen LogP contribution in [0, 0.1) is 0 Å². The second-order valence-electron chi connectivity index (χ2n) is 13.6. The summed E-state index contributed by atoms with van der Waals surface area (Å²) in [6.07, 6.45) is 9.62. The van der Waals surface area contributed by atoms with Gasteiger partial charge in [0.05, 0.1) is 22.7 Å². The molecule has 1 aromatic heterocycles. The van der Waals surface area contributed by atoms with Gasteiger partial charge in [-0.1, -0.05) is 103 Å². The average molecular weight is 768 g/mol. The number of guanidine groups is 1. The van der Waals surface area contributed by atoms with E-state index in [0.717, 1.165) is 73.8 Å². The fourth-order valence-electron chi connectivity index (χ4n) is 7.16. The Hall–Kier alpha value is -4.44. The molecule has 274 valence electrons. The molecule has 11 heteroatoms. The maximum Gasteiger partial charge on any atom is 0.264 e. The third kappa shape index (κ3) is 9.03. The highest BCUT2D eigenvalue weighted by Crippen LogP contribution is 2.34. The van der Waals surface area contributed by atoms with E-state index in [1.165, 1.54) is 47.3 Å². The summed E-state index contributed by atoms with van der Waals surface area (Å²) in [5, 5.41) is 12.7. The number of aliphatic imine (C=N–C) groups is 1. The number of para-hydroxylation sites is 1. The maximum absolute atomic E-state index is 13.6. The number of pyridine rings is 1. The fraction of sp³-hybridized carbons (Fsp3) is 0.310. The molecule has 8 nitrogen and oxygen atoms in total. The summed E-state index contributed by atoms with van der Waals surface area (Å²) in [5.74, 6) is 0.0915. The molecule has 1 aliphatic carbocycles. The minimum absolute atomic E-state index is 0.101. The van der Waals surface area contributed by atoms with Crippen LogP contribution in [0.2, 0.25) is 10.0 Å². The molecule has 0 saturated carbocycles. The van der Waals surface area contributed by atoms with Crippen molar-refractivity contribution in [3.05, 3.63) is 136 Å². The molecule has 1 aliphatic heterocycles. The van der Waals surface area contributed by atoms with Crippen molar-refractivity contribution in [3.63, 3.8) is 0 Å². The molecule has 2 heterocycles. The molecule has 0 saturated heterocycles. The number of nitrogens with zero attached hydrogens (tertiary/aromatic N) is 4. The molecule has 2 N–H and O–H groups in total. The van der Waals surface area contributed by atoms with Crippen molar-refractivity contribution >= 4 is 61.5 Å². The first-order chi connectivity index (χ1) is 25.9. The van der Waals surface area contributed by atoms with E-state index >= 15 is 0 Å². The van der Waals surface area contributed by atoms with E-state index in [-0.39, 0.29) is 16.8 Å². The number of anilines is 1. The minimum atomic E-state index is -3.96. The summed E-state index contributed by atoms with van der Waals surface area (Å²) in [7, 11) is -3.96. The van der Waals surface area contributed by atoms with Crippen LogP contribution in [0.1, 0.15) is 73.2 Å². The number of sulfonamides is 1. The van der Waals surface area contributed by atoms with E-state index in [9.17, 15) is 8.42 Å². The number of nitrogens with one attached hydrogen (secondary N) is 2. The molecule has 0 bridgehead atoms. The zero-order valence-electron chi connectivity index (χ0n) is 29.6. The molecule has 5 aromatic rings. The Morgan fingerprint density at radius 1 is 0.792 bits per heavy atom. The van der Waals surface area contributed by atoms with Crippen molar-refractivity contribution in [1.82, 2.24) is 14.7 Å². The zero-order valence-corrected chi connectivity index (χ0v) is 32.0. The number of hydrogen-bond acceptors (Lipinski definition) is 6. The topological polar surface area (TPSA) is 99.0 Å². The molecule has 2 aliphatic rings. The molecule has 53 heavy (non-hydrogen) atoms. The van der Waals surface area contributed by atoms with Crippen LogP contribution in [0.25, 0.3) is 10.9 Å². The lowest BCUT2D eigenvalue weighted by atomic mass is 9.91. The first-order valence-corrected chi connectivity index (χ1v) is 20.7. The number of aryl methyl sites for hydroxylation is 1. The van der Waals surface area contributed by atoms with Crippen molar-refractivity contribution in [1.29, 1.82) is 0 Å². The van der Waals surface area contributed by atoms with Gasteiger partial charge in [-0.05, 0) is 97.7 Å². The van der Waals surface area contributed by atoms with Gasteiger partial charge in [-0.25, -0.2) is 18.1 Å². The van der Waals surface area contributed by atoms with Gasteiger partial charge >= 0.3 is 0 Å². The highest BCUT2D eigenvalue weighted by molar-refractivity contribution is 7.90. The standard InChI is InChI=1S/C42H44Cl2N6O2S/c43-32-21-19-31(20-22-32)40-37(30-13-5-4-6-14-30)29-50(48-40)42(49-53(51,52)34-25-23-33(44)24-26-34)46-28-12-3-1-2-11-27-45-41-35-15-7-9-17-38(35)47-39-18-10-8-16-36(39)41/h4-7,9,13-15,17,19-26,37H,1-3,8,10-12,16,18,27-29H2,(H,45,47)(H,46,49).